The molecule has 0 bridgehead atoms. The first-order valence-corrected chi connectivity index (χ1v) is 7.92. The Hall–Kier alpha value is -1.28. The molecule has 0 saturated carbocycles. The third-order valence-corrected chi connectivity index (χ3v) is 6.67. The summed E-state index contributed by atoms with van der Waals surface area (Å²) in [6, 6.07) is 9.07. The number of aliphatic carboxylic acids is 2. The van der Waals surface area contributed by atoms with Gasteiger partial charge in [-0.25, -0.2) is 0 Å². The quantitative estimate of drug-likeness (QED) is 0.766. The molecule has 0 fully saturated rings. The van der Waals surface area contributed by atoms with Gasteiger partial charge in [-0.2, -0.15) is 0 Å². The Morgan fingerprint density at radius 2 is 1.47 bits per heavy atom. The first-order valence-electron chi connectivity index (χ1n) is 4.33. The van der Waals surface area contributed by atoms with Gasteiger partial charge in [-0.1, -0.05) is 0 Å². The van der Waals surface area contributed by atoms with Crippen molar-refractivity contribution in [2.75, 3.05) is 0 Å². The SMILES string of the molecule is O=C(O)C[As](CC(=O)O)c1ccccc1. The summed E-state index contributed by atoms with van der Waals surface area (Å²) in [6.45, 7) is 0. The van der Waals surface area contributed by atoms with Crippen LogP contribution in [0.2, 0.25) is 10.4 Å². The molecule has 0 spiro atoms. The fourth-order valence-electron chi connectivity index (χ4n) is 1.20. The second-order valence-electron chi connectivity index (χ2n) is 2.98. The number of carbonyl (C=O) groups is 2. The minimum absolute atomic E-state index is 0.0106. The van der Waals surface area contributed by atoms with Crippen LogP contribution in [0.15, 0.2) is 30.3 Å². The van der Waals surface area contributed by atoms with Crippen molar-refractivity contribution in [2.45, 2.75) is 10.4 Å². The fourth-order valence-corrected chi connectivity index (χ4v) is 4.82. The molecular formula is C10H11AsO4. The van der Waals surface area contributed by atoms with Crippen LogP contribution in [0.4, 0.5) is 0 Å². The Morgan fingerprint density at radius 1 is 1.00 bits per heavy atom. The van der Waals surface area contributed by atoms with Gasteiger partial charge in [-0.05, 0) is 0 Å². The molecule has 2 N–H and O–H groups in total. The molecule has 1 aromatic carbocycles. The van der Waals surface area contributed by atoms with E-state index in [4.69, 9.17) is 10.2 Å². The second-order valence-corrected chi connectivity index (χ2v) is 7.65. The van der Waals surface area contributed by atoms with Crippen LogP contribution in [0.5, 0.6) is 0 Å². The topological polar surface area (TPSA) is 74.6 Å². The van der Waals surface area contributed by atoms with Crippen LogP contribution in [-0.4, -0.2) is 36.8 Å². The molecule has 0 aliphatic heterocycles. The van der Waals surface area contributed by atoms with E-state index < -0.39 is 26.6 Å². The maximum atomic E-state index is 10.6. The summed E-state index contributed by atoms with van der Waals surface area (Å²) >= 11 is -1.98. The molecule has 15 heavy (non-hydrogen) atoms. The molecule has 1 rings (SSSR count). The molecule has 1 aromatic rings. The van der Waals surface area contributed by atoms with Gasteiger partial charge in [0.1, 0.15) is 0 Å². The van der Waals surface area contributed by atoms with Crippen LogP contribution in [0.25, 0.3) is 0 Å². The van der Waals surface area contributed by atoms with Gasteiger partial charge in [0.05, 0.1) is 0 Å². The van der Waals surface area contributed by atoms with Gasteiger partial charge in [0, 0.05) is 0 Å². The number of hydrogen-bond donors (Lipinski definition) is 2. The third-order valence-electron chi connectivity index (χ3n) is 1.77. The van der Waals surface area contributed by atoms with E-state index in [0.29, 0.717) is 0 Å². The average Bonchev–Trinajstić information content (AvgIpc) is 2.17. The molecule has 0 amide bonds. The van der Waals surface area contributed by atoms with Crippen molar-refractivity contribution in [3.8, 4) is 0 Å². The number of carboxylic acid groups (broad SMARTS) is 2. The van der Waals surface area contributed by atoms with E-state index in [1.165, 1.54) is 0 Å². The van der Waals surface area contributed by atoms with Crippen molar-refractivity contribution in [1.82, 2.24) is 0 Å². The number of carboxylic acids is 2. The van der Waals surface area contributed by atoms with Crippen LogP contribution in [-0.2, 0) is 9.59 Å². The predicted molar refractivity (Wildman–Crippen MR) is 56.7 cm³/mol. The van der Waals surface area contributed by atoms with Crippen molar-refractivity contribution >= 4 is 30.9 Å². The summed E-state index contributed by atoms with van der Waals surface area (Å²) < 4.78 is 0.898. The van der Waals surface area contributed by atoms with Crippen molar-refractivity contribution in [1.29, 1.82) is 0 Å². The van der Waals surface area contributed by atoms with Gasteiger partial charge in [0.2, 0.25) is 0 Å². The van der Waals surface area contributed by atoms with E-state index in [2.05, 4.69) is 0 Å². The number of benzene rings is 1. The Balaban J connectivity index is 2.81. The van der Waals surface area contributed by atoms with E-state index in [9.17, 15) is 9.59 Å². The van der Waals surface area contributed by atoms with Crippen LogP contribution >= 0.6 is 0 Å². The number of hydrogen-bond acceptors (Lipinski definition) is 2. The van der Waals surface area contributed by atoms with Gasteiger partial charge in [-0.15, -0.1) is 0 Å². The zero-order chi connectivity index (χ0) is 11.3. The molecule has 0 aliphatic carbocycles. The summed E-state index contributed by atoms with van der Waals surface area (Å²) in [5.74, 6) is -1.83. The normalized spacial score (nSPS) is 10.2. The van der Waals surface area contributed by atoms with E-state index in [1.807, 2.05) is 18.2 Å². The fraction of sp³-hybridized carbons (Fsp3) is 0.200. The summed E-state index contributed by atoms with van der Waals surface area (Å²) in [5, 5.41) is 17.4. The Kier molecular flexibility index (Phi) is 4.37. The van der Waals surface area contributed by atoms with E-state index >= 15 is 0 Å². The predicted octanol–water partition coefficient (Wildman–Crippen LogP) is 0.558. The molecule has 4 nitrogen and oxygen atoms in total. The third kappa shape index (κ3) is 4.17. The van der Waals surface area contributed by atoms with Crippen LogP contribution in [0.1, 0.15) is 0 Å². The first kappa shape index (κ1) is 11.8. The summed E-state index contributed by atoms with van der Waals surface area (Å²) in [7, 11) is 0. The number of rotatable bonds is 5. The molecule has 0 aromatic heterocycles. The van der Waals surface area contributed by atoms with Crippen molar-refractivity contribution in [3.05, 3.63) is 30.3 Å². The summed E-state index contributed by atoms with van der Waals surface area (Å²) in [4.78, 5) is 21.2. The Labute approximate surface area is 91.8 Å². The average molecular weight is 270 g/mol. The van der Waals surface area contributed by atoms with Gasteiger partial charge in [0.25, 0.3) is 0 Å². The molecule has 0 saturated heterocycles. The van der Waals surface area contributed by atoms with Crippen molar-refractivity contribution in [2.24, 2.45) is 0 Å². The molecule has 80 valence electrons. The minimum atomic E-state index is -1.98. The molecule has 0 aliphatic rings. The summed E-state index contributed by atoms with van der Waals surface area (Å²) in [5.41, 5.74) is 0. The Bertz CT molecular complexity index is 334. The van der Waals surface area contributed by atoms with E-state index in [0.717, 1.165) is 4.35 Å². The van der Waals surface area contributed by atoms with E-state index in [1.54, 1.807) is 12.1 Å². The van der Waals surface area contributed by atoms with Gasteiger partial charge < -0.3 is 0 Å². The first-order chi connectivity index (χ1) is 7.09. The van der Waals surface area contributed by atoms with Crippen LogP contribution < -0.4 is 4.35 Å². The molecule has 5 heteroatoms. The van der Waals surface area contributed by atoms with Crippen LogP contribution in [0.3, 0.4) is 0 Å². The molecule has 0 radical (unpaired) electrons. The zero-order valence-electron chi connectivity index (χ0n) is 7.96. The van der Waals surface area contributed by atoms with Crippen molar-refractivity contribution in [3.63, 3.8) is 0 Å². The van der Waals surface area contributed by atoms with Crippen molar-refractivity contribution < 1.29 is 19.8 Å². The van der Waals surface area contributed by atoms with Gasteiger partial charge in [-0.3, -0.25) is 0 Å². The van der Waals surface area contributed by atoms with Gasteiger partial charge >= 0.3 is 91.5 Å². The molecular weight excluding hydrogens is 259 g/mol. The molecule has 0 atom stereocenters. The molecule has 0 unspecified atom stereocenters. The van der Waals surface area contributed by atoms with E-state index in [-0.39, 0.29) is 10.4 Å². The van der Waals surface area contributed by atoms with Gasteiger partial charge in [0.15, 0.2) is 0 Å². The van der Waals surface area contributed by atoms with Crippen LogP contribution in [0, 0.1) is 0 Å². The maximum absolute atomic E-state index is 10.6. The standard InChI is InChI=1S/C10H11AsO4/c12-9(13)6-11(7-10(14)15)8-4-2-1-3-5-8/h1-5H,6-7H2,(H,12,13)(H,14,15). The molecule has 0 heterocycles. The summed E-state index contributed by atoms with van der Waals surface area (Å²) in [6.07, 6.45) is 0. The second kappa shape index (κ2) is 5.56. The zero-order valence-corrected chi connectivity index (χ0v) is 9.84. The Morgan fingerprint density at radius 3 is 1.87 bits per heavy atom. The monoisotopic (exact) mass is 270 g/mol.